The van der Waals surface area contributed by atoms with Gasteiger partial charge in [-0.25, -0.2) is 23.4 Å². The van der Waals surface area contributed by atoms with Crippen LogP contribution >= 0.6 is 0 Å². The van der Waals surface area contributed by atoms with Gasteiger partial charge in [0.2, 0.25) is 0 Å². The van der Waals surface area contributed by atoms with Crippen molar-refractivity contribution in [3.05, 3.63) is 54.7 Å². The Morgan fingerprint density at radius 1 is 1.04 bits per heavy atom. The Morgan fingerprint density at radius 2 is 1.84 bits per heavy atom. The van der Waals surface area contributed by atoms with E-state index in [1.807, 2.05) is 30.3 Å². The minimum Gasteiger partial charge on any atom is -0.337 e. The largest absolute Gasteiger partial charge is 0.337 e. The summed E-state index contributed by atoms with van der Waals surface area (Å²) in [5, 5.41) is 11.7. The second-order valence-corrected chi connectivity index (χ2v) is 5.34. The van der Waals surface area contributed by atoms with Crippen LogP contribution in [0.3, 0.4) is 0 Å². The molecule has 1 N–H and O–H groups in total. The van der Waals surface area contributed by atoms with E-state index in [9.17, 15) is 8.78 Å². The zero-order valence-corrected chi connectivity index (χ0v) is 13.1. The standard InChI is InChI=1S/C16H13F2N7/c1-24-13(14(17)18)12(8-21-24)23-15-11-7-22-25(16(11)20-9-19-15)10-5-3-2-4-6-10/h2-9,14H,1H3,(H,19,20,23). The van der Waals surface area contributed by atoms with Crippen LogP contribution < -0.4 is 5.32 Å². The van der Waals surface area contributed by atoms with E-state index in [-0.39, 0.29) is 11.4 Å². The maximum atomic E-state index is 13.2. The summed E-state index contributed by atoms with van der Waals surface area (Å²) in [4.78, 5) is 8.42. The van der Waals surface area contributed by atoms with Crippen molar-refractivity contribution in [2.75, 3.05) is 5.32 Å². The molecule has 4 rings (SSSR count). The fourth-order valence-corrected chi connectivity index (χ4v) is 2.63. The first-order valence-electron chi connectivity index (χ1n) is 7.46. The van der Waals surface area contributed by atoms with E-state index in [1.165, 1.54) is 19.6 Å². The molecule has 0 saturated heterocycles. The van der Waals surface area contributed by atoms with Gasteiger partial charge in [-0.3, -0.25) is 4.68 Å². The molecule has 0 aliphatic rings. The van der Waals surface area contributed by atoms with Gasteiger partial charge in [0.1, 0.15) is 17.8 Å². The number of aromatic nitrogens is 6. The Labute approximate surface area is 140 Å². The predicted octanol–water partition coefficient (Wildman–Crippen LogP) is 3.23. The molecule has 0 amide bonds. The van der Waals surface area contributed by atoms with Gasteiger partial charge in [0.15, 0.2) is 5.65 Å². The summed E-state index contributed by atoms with van der Waals surface area (Å²) in [6, 6.07) is 9.50. The molecule has 4 aromatic rings. The van der Waals surface area contributed by atoms with E-state index < -0.39 is 6.43 Å². The van der Waals surface area contributed by atoms with Gasteiger partial charge in [0, 0.05) is 7.05 Å². The van der Waals surface area contributed by atoms with E-state index in [1.54, 1.807) is 10.9 Å². The lowest BCUT2D eigenvalue weighted by atomic mass is 10.3. The van der Waals surface area contributed by atoms with Crippen LogP contribution in [0.2, 0.25) is 0 Å². The molecule has 25 heavy (non-hydrogen) atoms. The number of aryl methyl sites for hydroxylation is 1. The van der Waals surface area contributed by atoms with E-state index in [0.29, 0.717) is 16.9 Å². The number of alkyl halides is 2. The van der Waals surface area contributed by atoms with Crippen LogP contribution in [0.1, 0.15) is 12.1 Å². The first-order valence-corrected chi connectivity index (χ1v) is 7.46. The molecule has 0 aliphatic carbocycles. The highest BCUT2D eigenvalue weighted by atomic mass is 19.3. The molecular formula is C16H13F2N7. The first kappa shape index (κ1) is 15.2. The number of anilines is 2. The number of halogens is 2. The molecule has 0 saturated carbocycles. The Balaban J connectivity index is 1.79. The first-order chi connectivity index (χ1) is 12.1. The average Bonchev–Trinajstić information content (AvgIpc) is 3.20. The van der Waals surface area contributed by atoms with Gasteiger partial charge in [0.05, 0.1) is 29.2 Å². The van der Waals surface area contributed by atoms with Gasteiger partial charge in [-0.15, -0.1) is 0 Å². The molecule has 0 spiro atoms. The van der Waals surface area contributed by atoms with Gasteiger partial charge >= 0.3 is 0 Å². The van der Waals surface area contributed by atoms with E-state index in [0.717, 1.165) is 10.4 Å². The summed E-state index contributed by atoms with van der Waals surface area (Å²) >= 11 is 0. The number of nitrogens with one attached hydrogen (secondary N) is 1. The molecule has 7 nitrogen and oxygen atoms in total. The average molecular weight is 341 g/mol. The second kappa shape index (κ2) is 5.93. The molecule has 0 fully saturated rings. The minimum absolute atomic E-state index is 0.199. The van der Waals surface area contributed by atoms with Crippen molar-refractivity contribution in [2.45, 2.75) is 6.43 Å². The third-order valence-corrected chi connectivity index (χ3v) is 3.81. The number of para-hydroxylation sites is 1. The number of hydrogen-bond acceptors (Lipinski definition) is 5. The number of fused-ring (bicyclic) bond motifs is 1. The Bertz CT molecular complexity index is 1020. The molecular weight excluding hydrogens is 328 g/mol. The quantitative estimate of drug-likeness (QED) is 0.617. The van der Waals surface area contributed by atoms with E-state index in [4.69, 9.17) is 0 Å². The third-order valence-electron chi connectivity index (χ3n) is 3.81. The van der Waals surface area contributed by atoms with Crippen LogP contribution in [0.4, 0.5) is 20.3 Å². The summed E-state index contributed by atoms with van der Waals surface area (Å²) in [6.45, 7) is 0. The lowest BCUT2D eigenvalue weighted by Crippen LogP contribution is -2.03. The lowest BCUT2D eigenvalue weighted by Gasteiger charge is -2.08. The minimum atomic E-state index is -2.65. The Hall–Kier alpha value is -3.36. The molecule has 9 heteroatoms. The van der Waals surface area contributed by atoms with Crippen molar-refractivity contribution in [3.8, 4) is 5.69 Å². The number of rotatable bonds is 4. The van der Waals surface area contributed by atoms with Crippen LogP contribution in [0.5, 0.6) is 0 Å². The highest BCUT2D eigenvalue weighted by molar-refractivity contribution is 5.89. The number of benzene rings is 1. The smallest absolute Gasteiger partial charge is 0.282 e. The third kappa shape index (κ3) is 2.59. The van der Waals surface area contributed by atoms with Crippen LogP contribution in [0.25, 0.3) is 16.7 Å². The topological polar surface area (TPSA) is 73.5 Å². The van der Waals surface area contributed by atoms with Gasteiger partial charge < -0.3 is 5.32 Å². The SMILES string of the molecule is Cn1ncc(Nc2ncnc3c2cnn3-c2ccccc2)c1C(F)F. The summed E-state index contributed by atoms with van der Waals surface area (Å²) < 4.78 is 29.2. The maximum Gasteiger partial charge on any atom is 0.282 e. The molecule has 1 aromatic carbocycles. The van der Waals surface area contributed by atoms with Crippen LogP contribution in [0.15, 0.2) is 49.1 Å². The zero-order valence-electron chi connectivity index (χ0n) is 13.1. The van der Waals surface area contributed by atoms with E-state index >= 15 is 0 Å². The molecule has 0 atom stereocenters. The van der Waals surface area contributed by atoms with Crippen molar-refractivity contribution in [2.24, 2.45) is 7.05 Å². The summed E-state index contributed by atoms with van der Waals surface area (Å²) in [5.41, 5.74) is 1.41. The van der Waals surface area contributed by atoms with Crippen LogP contribution in [-0.4, -0.2) is 29.5 Å². The molecule has 0 aliphatic heterocycles. The van der Waals surface area contributed by atoms with Crippen molar-refractivity contribution in [3.63, 3.8) is 0 Å². The highest BCUT2D eigenvalue weighted by Gasteiger charge is 2.20. The molecule has 0 radical (unpaired) electrons. The number of hydrogen-bond donors (Lipinski definition) is 1. The van der Waals surface area contributed by atoms with Gasteiger partial charge in [-0.2, -0.15) is 10.2 Å². The van der Waals surface area contributed by atoms with Crippen molar-refractivity contribution >= 4 is 22.5 Å². The summed E-state index contributed by atoms with van der Waals surface area (Å²) in [7, 11) is 1.47. The normalized spacial score (nSPS) is 11.4. The van der Waals surface area contributed by atoms with E-state index in [2.05, 4.69) is 25.5 Å². The van der Waals surface area contributed by atoms with Crippen LogP contribution in [0, 0.1) is 0 Å². The monoisotopic (exact) mass is 341 g/mol. The Morgan fingerprint density at radius 3 is 2.60 bits per heavy atom. The summed E-state index contributed by atoms with van der Waals surface area (Å²) in [6.07, 6.45) is 1.66. The van der Waals surface area contributed by atoms with Crippen molar-refractivity contribution in [1.82, 2.24) is 29.5 Å². The van der Waals surface area contributed by atoms with Gasteiger partial charge in [0.25, 0.3) is 6.43 Å². The predicted molar refractivity (Wildman–Crippen MR) is 88.1 cm³/mol. The highest BCUT2D eigenvalue weighted by Crippen LogP contribution is 2.30. The van der Waals surface area contributed by atoms with Crippen LogP contribution in [-0.2, 0) is 7.05 Å². The summed E-state index contributed by atoms with van der Waals surface area (Å²) in [5.74, 6) is 0.391. The number of nitrogens with zero attached hydrogens (tertiary/aromatic N) is 6. The van der Waals surface area contributed by atoms with Gasteiger partial charge in [-0.1, -0.05) is 18.2 Å². The Kier molecular flexibility index (Phi) is 3.60. The van der Waals surface area contributed by atoms with Crippen molar-refractivity contribution < 1.29 is 8.78 Å². The fourth-order valence-electron chi connectivity index (χ4n) is 2.63. The zero-order chi connectivity index (χ0) is 17.4. The maximum absolute atomic E-state index is 13.2. The second-order valence-electron chi connectivity index (χ2n) is 5.34. The molecule has 0 unspecified atom stereocenters. The van der Waals surface area contributed by atoms with Crippen molar-refractivity contribution in [1.29, 1.82) is 0 Å². The lowest BCUT2D eigenvalue weighted by molar-refractivity contribution is 0.141. The van der Waals surface area contributed by atoms with Gasteiger partial charge in [-0.05, 0) is 12.1 Å². The molecule has 3 aromatic heterocycles. The molecule has 126 valence electrons. The molecule has 3 heterocycles. The molecule has 0 bridgehead atoms. The fraction of sp³-hybridized carbons (Fsp3) is 0.125.